The number of hydrogen-bond acceptors (Lipinski definition) is 7. The van der Waals surface area contributed by atoms with Crippen LogP contribution in [0.2, 0.25) is 0 Å². The molecular weight excluding hydrogens is 352 g/mol. The van der Waals surface area contributed by atoms with Gasteiger partial charge in [-0.15, -0.1) is 0 Å². The van der Waals surface area contributed by atoms with E-state index in [0.717, 1.165) is 4.31 Å². The maximum absolute atomic E-state index is 12.1. The van der Waals surface area contributed by atoms with Gasteiger partial charge in [-0.2, -0.15) is 0 Å². The van der Waals surface area contributed by atoms with Gasteiger partial charge >= 0.3 is 12.1 Å². The van der Waals surface area contributed by atoms with Crippen molar-refractivity contribution in [3.63, 3.8) is 0 Å². The van der Waals surface area contributed by atoms with Crippen LogP contribution in [0.15, 0.2) is 23.1 Å². The van der Waals surface area contributed by atoms with Crippen molar-refractivity contribution >= 4 is 28.0 Å². The van der Waals surface area contributed by atoms with Crippen LogP contribution < -0.4 is 5.32 Å². The van der Waals surface area contributed by atoms with Crippen molar-refractivity contribution in [2.24, 2.45) is 0 Å². The number of esters is 1. The first kappa shape index (κ1) is 20.6. The Kier molecular flexibility index (Phi) is 7.07. The Morgan fingerprint density at radius 1 is 1.16 bits per heavy atom. The van der Waals surface area contributed by atoms with Gasteiger partial charge in [0.2, 0.25) is 10.0 Å². The van der Waals surface area contributed by atoms with E-state index in [1.807, 2.05) is 5.32 Å². The quantitative estimate of drug-likeness (QED) is 0.729. The summed E-state index contributed by atoms with van der Waals surface area (Å²) in [6, 6.07) is 4.01. The number of nitrogens with zero attached hydrogens (tertiary/aromatic N) is 1. The summed E-state index contributed by atoms with van der Waals surface area (Å²) in [6.45, 7) is 2.55. The van der Waals surface area contributed by atoms with Gasteiger partial charge in [-0.3, -0.25) is 10.1 Å². The molecule has 0 radical (unpaired) electrons. The zero-order valence-corrected chi connectivity index (χ0v) is 15.2. The van der Waals surface area contributed by atoms with Gasteiger partial charge in [0, 0.05) is 14.1 Å². The molecule has 0 unspecified atom stereocenters. The Morgan fingerprint density at radius 2 is 1.80 bits per heavy atom. The molecule has 138 valence electrons. The number of carbonyl (C=O) groups excluding carboxylic acids is 3. The van der Waals surface area contributed by atoms with Crippen molar-refractivity contribution in [3.8, 4) is 0 Å². The summed E-state index contributed by atoms with van der Waals surface area (Å²) < 4.78 is 34.6. The third-order valence-electron chi connectivity index (χ3n) is 3.06. The van der Waals surface area contributed by atoms with Crippen molar-refractivity contribution < 1.29 is 32.3 Å². The predicted octanol–water partition coefficient (Wildman–Crippen LogP) is 0.675. The van der Waals surface area contributed by atoms with E-state index in [1.165, 1.54) is 32.3 Å². The molecule has 0 heterocycles. The van der Waals surface area contributed by atoms with E-state index < -0.39 is 34.6 Å². The molecule has 0 bridgehead atoms. The third kappa shape index (κ3) is 5.54. The number of aryl methyl sites for hydroxylation is 1. The lowest BCUT2D eigenvalue weighted by Gasteiger charge is -2.13. The maximum Gasteiger partial charge on any atom is 0.413 e. The van der Waals surface area contributed by atoms with Crippen LogP contribution in [-0.4, -0.2) is 58.0 Å². The third-order valence-corrected chi connectivity index (χ3v) is 4.87. The highest BCUT2D eigenvalue weighted by Crippen LogP contribution is 2.18. The number of benzene rings is 1. The second kappa shape index (κ2) is 8.58. The highest BCUT2D eigenvalue weighted by Gasteiger charge is 2.21. The molecule has 1 rings (SSSR count). The molecule has 0 aromatic heterocycles. The minimum Gasteiger partial charge on any atom is -0.452 e. The lowest BCUT2D eigenvalue weighted by Crippen LogP contribution is -2.34. The molecule has 0 aliphatic carbocycles. The van der Waals surface area contributed by atoms with E-state index in [1.54, 1.807) is 13.8 Å². The number of sulfonamides is 1. The average Bonchev–Trinajstić information content (AvgIpc) is 2.52. The van der Waals surface area contributed by atoms with Crippen LogP contribution in [0, 0.1) is 6.92 Å². The van der Waals surface area contributed by atoms with Gasteiger partial charge in [0.05, 0.1) is 17.1 Å². The van der Waals surface area contributed by atoms with Crippen molar-refractivity contribution in [2.45, 2.75) is 18.7 Å². The molecule has 1 aromatic carbocycles. The van der Waals surface area contributed by atoms with Gasteiger partial charge in [0.1, 0.15) is 0 Å². The smallest absolute Gasteiger partial charge is 0.413 e. The van der Waals surface area contributed by atoms with Crippen molar-refractivity contribution in [2.75, 3.05) is 27.3 Å². The van der Waals surface area contributed by atoms with Gasteiger partial charge in [-0.25, -0.2) is 22.3 Å². The molecule has 9 nitrogen and oxygen atoms in total. The number of hydrogen-bond donors (Lipinski definition) is 1. The molecule has 2 amide bonds. The van der Waals surface area contributed by atoms with Crippen LogP contribution in [-0.2, 0) is 24.3 Å². The predicted molar refractivity (Wildman–Crippen MR) is 87.5 cm³/mol. The standard InChI is InChI=1S/C15H20N2O7S/c1-5-23-15(20)16-13(18)9-24-14(19)12-8-11(7-6-10(12)2)25(21,22)17(3)4/h6-8H,5,9H2,1-4H3,(H,16,18,20). The number of imide groups is 1. The molecule has 0 atom stereocenters. The highest BCUT2D eigenvalue weighted by atomic mass is 32.2. The SMILES string of the molecule is CCOC(=O)NC(=O)COC(=O)c1cc(S(=O)(=O)N(C)C)ccc1C. The van der Waals surface area contributed by atoms with Gasteiger partial charge in [-0.05, 0) is 31.5 Å². The minimum atomic E-state index is -3.72. The zero-order chi connectivity index (χ0) is 19.2. The number of nitrogens with one attached hydrogen (secondary N) is 1. The number of rotatable bonds is 6. The molecule has 0 saturated carbocycles. The van der Waals surface area contributed by atoms with Crippen LogP contribution in [0.5, 0.6) is 0 Å². The number of amides is 2. The van der Waals surface area contributed by atoms with E-state index in [9.17, 15) is 22.8 Å². The number of carbonyl (C=O) groups is 3. The summed E-state index contributed by atoms with van der Waals surface area (Å²) >= 11 is 0. The van der Waals surface area contributed by atoms with Crippen molar-refractivity contribution in [1.29, 1.82) is 0 Å². The van der Waals surface area contributed by atoms with E-state index >= 15 is 0 Å². The van der Waals surface area contributed by atoms with E-state index in [0.29, 0.717) is 5.56 Å². The zero-order valence-electron chi connectivity index (χ0n) is 14.4. The first-order valence-corrected chi connectivity index (χ1v) is 8.70. The summed E-state index contributed by atoms with van der Waals surface area (Å²) in [7, 11) is -0.982. The Morgan fingerprint density at radius 3 is 2.36 bits per heavy atom. The average molecular weight is 372 g/mol. The second-order valence-corrected chi connectivity index (χ2v) is 7.26. The summed E-state index contributed by atoms with van der Waals surface area (Å²) in [5, 5.41) is 1.87. The monoisotopic (exact) mass is 372 g/mol. The molecule has 0 fully saturated rings. The molecule has 0 aliphatic heterocycles. The van der Waals surface area contributed by atoms with Gasteiger partial charge < -0.3 is 9.47 Å². The van der Waals surface area contributed by atoms with Gasteiger partial charge in [-0.1, -0.05) is 6.07 Å². The Bertz CT molecular complexity index is 772. The topological polar surface area (TPSA) is 119 Å². The normalized spacial score (nSPS) is 11.1. The summed E-state index contributed by atoms with van der Waals surface area (Å²) in [5.41, 5.74) is 0.486. The summed E-state index contributed by atoms with van der Waals surface area (Å²) in [6.07, 6.45) is -0.946. The fraction of sp³-hybridized carbons (Fsp3) is 0.400. The van der Waals surface area contributed by atoms with E-state index in [4.69, 9.17) is 4.74 Å². The first-order valence-electron chi connectivity index (χ1n) is 7.26. The van der Waals surface area contributed by atoms with Gasteiger partial charge in [0.25, 0.3) is 5.91 Å². The molecule has 0 spiro atoms. The maximum atomic E-state index is 12.1. The summed E-state index contributed by atoms with van der Waals surface area (Å²) in [5.74, 6) is -1.74. The first-order chi connectivity index (χ1) is 11.6. The second-order valence-electron chi connectivity index (χ2n) is 5.11. The fourth-order valence-electron chi connectivity index (χ4n) is 1.72. The number of ether oxygens (including phenoxy) is 2. The van der Waals surface area contributed by atoms with Crippen molar-refractivity contribution in [1.82, 2.24) is 9.62 Å². The van der Waals surface area contributed by atoms with Crippen LogP contribution in [0.4, 0.5) is 4.79 Å². The molecule has 0 aliphatic rings. The number of alkyl carbamates (subject to hydrolysis) is 1. The van der Waals surface area contributed by atoms with Crippen molar-refractivity contribution in [3.05, 3.63) is 29.3 Å². The molecular formula is C15H20N2O7S. The Balaban J connectivity index is 2.85. The molecule has 1 N–H and O–H groups in total. The molecule has 10 heteroatoms. The summed E-state index contributed by atoms with van der Waals surface area (Å²) in [4.78, 5) is 34.6. The Labute approximate surface area is 145 Å². The molecule has 0 saturated heterocycles. The minimum absolute atomic E-state index is 0.00635. The Hall–Kier alpha value is -2.46. The molecule has 25 heavy (non-hydrogen) atoms. The molecule has 1 aromatic rings. The van der Waals surface area contributed by atoms with Crippen LogP contribution >= 0.6 is 0 Å². The van der Waals surface area contributed by atoms with Crippen LogP contribution in [0.3, 0.4) is 0 Å². The fourth-order valence-corrected chi connectivity index (χ4v) is 2.65. The largest absolute Gasteiger partial charge is 0.452 e. The van der Waals surface area contributed by atoms with E-state index in [-0.39, 0.29) is 17.1 Å². The lowest BCUT2D eigenvalue weighted by atomic mass is 10.1. The highest BCUT2D eigenvalue weighted by molar-refractivity contribution is 7.89. The van der Waals surface area contributed by atoms with E-state index in [2.05, 4.69) is 4.74 Å². The lowest BCUT2D eigenvalue weighted by molar-refractivity contribution is -0.123. The van der Waals surface area contributed by atoms with Gasteiger partial charge in [0.15, 0.2) is 6.61 Å². The van der Waals surface area contributed by atoms with Crippen LogP contribution in [0.1, 0.15) is 22.8 Å². The van der Waals surface area contributed by atoms with Crippen LogP contribution in [0.25, 0.3) is 0 Å².